The van der Waals surface area contributed by atoms with Gasteiger partial charge in [-0.3, -0.25) is 9.36 Å². The number of fused-ring (bicyclic) bond motifs is 1. The highest BCUT2D eigenvalue weighted by molar-refractivity contribution is 5.76. The van der Waals surface area contributed by atoms with Crippen LogP contribution in [0.1, 0.15) is 26.7 Å². The largest absolute Gasteiger partial charge is 0.393 e. The smallest absolute Gasteiger partial charge is 0.261 e. The van der Waals surface area contributed by atoms with Gasteiger partial charge in [-0.25, -0.2) is 4.98 Å². The summed E-state index contributed by atoms with van der Waals surface area (Å²) in [5, 5.41) is 10.7. The molecular weight excluding hydrogens is 290 g/mol. The first-order valence-corrected chi connectivity index (χ1v) is 8.29. The van der Waals surface area contributed by atoms with E-state index in [1.165, 1.54) is 0 Å². The number of hydrogen-bond acceptors (Lipinski definition) is 4. The van der Waals surface area contributed by atoms with Crippen molar-refractivity contribution < 1.29 is 5.11 Å². The summed E-state index contributed by atoms with van der Waals surface area (Å²) in [6.45, 7) is 7.63. The van der Waals surface area contributed by atoms with Crippen molar-refractivity contribution in [1.82, 2.24) is 14.5 Å². The molecule has 124 valence electrons. The summed E-state index contributed by atoms with van der Waals surface area (Å²) in [4.78, 5) is 19.2. The van der Waals surface area contributed by atoms with Gasteiger partial charge in [-0.1, -0.05) is 26.0 Å². The molecule has 0 saturated carbocycles. The molecule has 1 atom stereocenters. The van der Waals surface area contributed by atoms with Gasteiger partial charge in [-0.2, -0.15) is 0 Å². The summed E-state index contributed by atoms with van der Waals surface area (Å²) >= 11 is 0. The van der Waals surface area contributed by atoms with Crippen LogP contribution in [0.4, 0.5) is 0 Å². The van der Waals surface area contributed by atoms with Gasteiger partial charge in [0, 0.05) is 26.2 Å². The van der Waals surface area contributed by atoms with E-state index < -0.39 is 0 Å². The lowest BCUT2D eigenvalue weighted by Crippen LogP contribution is -2.36. The summed E-state index contributed by atoms with van der Waals surface area (Å²) in [7, 11) is 0. The van der Waals surface area contributed by atoms with Crippen LogP contribution in [0.25, 0.3) is 10.9 Å². The maximum absolute atomic E-state index is 12.5. The van der Waals surface area contributed by atoms with E-state index in [0.29, 0.717) is 11.9 Å². The van der Waals surface area contributed by atoms with Gasteiger partial charge in [0.25, 0.3) is 5.56 Å². The predicted octanol–water partition coefficient (Wildman–Crippen LogP) is 1.88. The van der Waals surface area contributed by atoms with Gasteiger partial charge in [-0.15, -0.1) is 0 Å². The molecule has 3 rings (SSSR count). The maximum atomic E-state index is 12.5. The fraction of sp³-hybridized carbons (Fsp3) is 0.556. The van der Waals surface area contributed by atoms with E-state index >= 15 is 0 Å². The molecule has 5 heteroatoms. The second-order valence-electron chi connectivity index (χ2n) is 7.35. The molecule has 1 aliphatic rings. The molecule has 0 amide bonds. The summed E-state index contributed by atoms with van der Waals surface area (Å²) in [6, 6.07) is 7.45. The lowest BCUT2D eigenvalue weighted by Gasteiger charge is -2.29. The van der Waals surface area contributed by atoms with Crippen molar-refractivity contribution in [2.24, 2.45) is 5.41 Å². The highest BCUT2D eigenvalue weighted by Gasteiger charge is 2.28. The fourth-order valence-corrected chi connectivity index (χ4v) is 3.53. The third-order valence-corrected chi connectivity index (χ3v) is 4.61. The minimum absolute atomic E-state index is 0.0183. The van der Waals surface area contributed by atoms with Crippen molar-refractivity contribution in [3.63, 3.8) is 0 Å². The molecule has 5 nitrogen and oxygen atoms in total. The van der Waals surface area contributed by atoms with Gasteiger partial charge in [0.05, 0.1) is 23.3 Å². The van der Waals surface area contributed by atoms with Crippen LogP contribution in [0.2, 0.25) is 0 Å². The van der Waals surface area contributed by atoms with Gasteiger partial charge < -0.3 is 10.0 Å². The Labute approximate surface area is 136 Å². The number of hydrogen-bond donors (Lipinski definition) is 1. The quantitative estimate of drug-likeness (QED) is 0.939. The zero-order valence-electron chi connectivity index (χ0n) is 13.9. The fourth-order valence-electron chi connectivity index (χ4n) is 3.53. The normalized spacial score (nSPS) is 22.1. The number of likely N-dealkylation sites (tertiary alicyclic amines) is 1. The molecule has 1 saturated heterocycles. The average molecular weight is 315 g/mol. The molecule has 0 bridgehead atoms. The molecule has 1 aliphatic heterocycles. The Hall–Kier alpha value is -1.72. The lowest BCUT2D eigenvalue weighted by atomic mass is 9.87. The minimum Gasteiger partial charge on any atom is -0.393 e. The molecule has 1 aromatic heterocycles. The number of rotatable bonds is 3. The first-order chi connectivity index (χ1) is 10.9. The van der Waals surface area contributed by atoms with Crippen LogP contribution >= 0.6 is 0 Å². The summed E-state index contributed by atoms with van der Waals surface area (Å²) in [5.41, 5.74) is 0.861. The number of aliphatic hydroxyl groups excluding tert-OH is 1. The monoisotopic (exact) mass is 315 g/mol. The number of aliphatic hydroxyl groups is 1. The van der Waals surface area contributed by atoms with Crippen molar-refractivity contribution in [3.8, 4) is 0 Å². The Bertz CT molecular complexity index is 738. The maximum Gasteiger partial charge on any atom is 0.261 e. The van der Waals surface area contributed by atoms with Gasteiger partial charge >= 0.3 is 0 Å². The summed E-state index contributed by atoms with van der Waals surface area (Å²) < 4.78 is 1.69. The summed E-state index contributed by atoms with van der Waals surface area (Å²) in [6.07, 6.45) is 3.05. The molecule has 1 aromatic carbocycles. The zero-order valence-corrected chi connectivity index (χ0v) is 13.9. The van der Waals surface area contributed by atoms with Crippen molar-refractivity contribution >= 4 is 10.9 Å². The topological polar surface area (TPSA) is 58.4 Å². The van der Waals surface area contributed by atoms with Crippen LogP contribution in [0.15, 0.2) is 35.4 Å². The van der Waals surface area contributed by atoms with E-state index in [-0.39, 0.29) is 17.1 Å². The number of benzene rings is 1. The number of aromatic nitrogens is 2. The molecule has 0 unspecified atom stereocenters. The number of nitrogens with zero attached hydrogens (tertiary/aromatic N) is 3. The minimum atomic E-state index is -0.222. The lowest BCUT2D eigenvalue weighted by molar-refractivity contribution is 0.121. The van der Waals surface area contributed by atoms with Gasteiger partial charge in [-0.05, 0) is 30.4 Å². The van der Waals surface area contributed by atoms with E-state index in [2.05, 4.69) is 23.7 Å². The van der Waals surface area contributed by atoms with Crippen molar-refractivity contribution in [1.29, 1.82) is 0 Å². The third kappa shape index (κ3) is 3.79. The molecule has 1 fully saturated rings. The Morgan fingerprint density at radius 2 is 2.09 bits per heavy atom. The zero-order chi connectivity index (χ0) is 16.4. The molecule has 23 heavy (non-hydrogen) atoms. The first-order valence-electron chi connectivity index (χ1n) is 8.29. The van der Waals surface area contributed by atoms with E-state index in [1.54, 1.807) is 10.9 Å². The van der Waals surface area contributed by atoms with Crippen molar-refractivity contribution in [2.75, 3.05) is 19.6 Å². The van der Waals surface area contributed by atoms with Crippen LogP contribution in [0.5, 0.6) is 0 Å². The second-order valence-corrected chi connectivity index (χ2v) is 7.35. The van der Waals surface area contributed by atoms with Crippen LogP contribution < -0.4 is 5.56 Å². The molecule has 2 aromatic rings. The number of para-hydroxylation sites is 1. The molecule has 0 aliphatic carbocycles. The SMILES string of the molecule is CC1(C)C[C@@H](O)CCN(CCn2cnc3ccccc3c2=O)C1. The average Bonchev–Trinajstić information content (AvgIpc) is 2.64. The van der Waals surface area contributed by atoms with E-state index in [9.17, 15) is 9.90 Å². The second kappa shape index (κ2) is 6.42. The molecule has 0 spiro atoms. The molecule has 1 N–H and O–H groups in total. The van der Waals surface area contributed by atoms with E-state index in [1.807, 2.05) is 24.3 Å². The van der Waals surface area contributed by atoms with Gasteiger partial charge in [0.15, 0.2) is 0 Å². The Balaban J connectivity index is 1.73. The highest BCUT2D eigenvalue weighted by atomic mass is 16.3. The molecule has 0 radical (unpaired) electrons. The highest BCUT2D eigenvalue weighted by Crippen LogP contribution is 2.28. The predicted molar refractivity (Wildman–Crippen MR) is 91.5 cm³/mol. The Morgan fingerprint density at radius 1 is 1.30 bits per heavy atom. The van der Waals surface area contributed by atoms with Crippen molar-refractivity contribution in [3.05, 3.63) is 40.9 Å². The van der Waals surface area contributed by atoms with Gasteiger partial charge in [0.2, 0.25) is 0 Å². The van der Waals surface area contributed by atoms with E-state index in [4.69, 9.17) is 0 Å². The third-order valence-electron chi connectivity index (χ3n) is 4.61. The standard InChI is InChI=1S/C18H25N3O2/c1-18(2)11-14(22)7-8-20(12-18)9-10-21-13-19-16-6-4-3-5-15(16)17(21)23/h3-6,13-14,22H,7-12H2,1-2H3/t14-/m0/s1. The first kappa shape index (κ1) is 16.1. The van der Waals surface area contributed by atoms with Crippen LogP contribution in [-0.2, 0) is 6.54 Å². The molecular formula is C18H25N3O2. The van der Waals surface area contributed by atoms with E-state index in [0.717, 1.165) is 38.0 Å². The van der Waals surface area contributed by atoms with Crippen LogP contribution in [0.3, 0.4) is 0 Å². The Kier molecular flexibility index (Phi) is 4.50. The van der Waals surface area contributed by atoms with Crippen molar-refractivity contribution in [2.45, 2.75) is 39.3 Å². The van der Waals surface area contributed by atoms with Crippen LogP contribution in [0, 0.1) is 5.41 Å². The van der Waals surface area contributed by atoms with Crippen LogP contribution in [-0.4, -0.2) is 45.3 Å². The summed E-state index contributed by atoms with van der Waals surface area (Å²) in [5.74, 6) is 0. The Morgan fingerprint density at radius 3 is 2.91 bits per heavy atom. The van der Waals surface area contributed by atoms with Gasteiger partial charge in [0.1, 0.15) is 0 Å². The molecule has 2 heterocycles.